The first-order chi connectivity index (χ1) is 17.4. The van der Waals surface area contributed by atoms with Crippen LogP contribution in [0.1, 0.15) is 29.8 Å². The van der Waals surface area contributed by atoms with E-state index in [2.05, 4.69) is 25.7 Å². The third-order valence-electron chi connectivity index (χ3n) is 5.00. The molecule has 9 nitrogen and oxygen atoms in total. The molecule has 2 amide bonds. The Hall–Kier alpha value is -4.79. The maximum Gasteiger partial charge on any atom is 0.411 e. The van der Waals surface area contributed by atoms with Crippen LogP contribution < -0.4 is 10.6 Å². The molecule has 0 saturated heterocycles. The first-order valence-corrected chi connectivity index (χ1v) is 11.4. The molecule has 0 aliphatic rings. The normalized spacial score (nSPS) is 10.6. The number of aryl methyl sites for hydroxylation is 1. The number of anilines is 2. The highest BCUT2D eigenvalue weighted by Gasteiger charge is 2.14. The Morgan fingerprint density at radius 1 is 0.917 bits per heavy atom. The van der Waals surface area contributed by atoms with Crippen molar-refractivity contribution in [1.82, 2.24) is 19.6 Å². The molecule has 0 radical (unpaired) electrons. The van der Waals surface area contributed by atoms with E-state index in [1.54, 1.807) is 32.2 Å². The first-order valence-electron chi connectivity index (χ1n) is 11.4. The number of hydrogen-bond donors (Lipinski definition) is 2. The van der Waals surface area contributed by atoms with Gasteiger partial charge in [-0.1, -0.05) is 48.5 Å². The second kappa shape index (κ2) is 11.1. The molecule has 0 atom stereocenters. The minimum Gasteiger partial charge on any atom is -0.447 e. The Labute approximate surface area is 208 Å². The van der Waals surface area contributed by atoms with Gasteiger partial charge in [0.1, 0.15) is 0 Å². The number of carbonyl (C=O) groups is 2. The van der Waals surface area contributed by atoms with Gasteiger partial charge >= 0.3 is 6.09 Å². The van der Waals surface area contributed by atoms with Crippen molar-refractivity contribution in [1.29, 1.82) is 0 Å². The number of aromatic nitrogens is 4. The third-order valence-corrected chi connectivity index (χ3v) is 5.00. The van der Waals surface area contributed by atoms with E-state index >= 15 is 0 Å². The molecule has 0 fully saturated rings. The van der Waals surface area contributed by atoms with E-state index in [9.17, 15) is 9.59 Å². The van der Waals surface area contributed by atoms with Crippen molar-refractivity contribution in [2.75, 3.05) is 10.6 Å². The summed E-state index contributed by atoms with van der Waals surface area (Å²) < 4.78 is 6.58. The van der Waals surface area contributed by atoms with Gasteiger partial charge in [0, 0.05) is 16.8 Å². The number of amides is 2. The number of rotatable bonds is 5. The van der Waals surface area contributed by atoms with E-state index in [1.165, 1.54) is 10.7 Å². The fourth-order valence-electron chi connectivity index (χ4n) is 3.31. The van der Waals surface area contributed by atoms with E-state index in [1.807, 2.05) is 67.6 Å². The summed E-state index contributed by atoms with van der Waals surface area (Å²) in [6.07, 6.45) is 2.28. The van der Waals surface area contributed by atoms with Crippen molar-refractivity contribution in [3.8, 4) is 11.4 Å². The lowest BCUT2D eigenvalue weighted by molar-refractivity contribution is 0.102. The Balaban J connectivity index is 1.58. The van der Waals surface area contributed by atoms with Gasteiger partial charge in [0.15, 0.2) is 5.82 Å². The number of nitrogens with zero attached hydrogens (tertiary/aromatic N) is 4. The van der Waals surface area contributed by atoms with E-state index in [0.717, 1.165) is 11.1 Å². The average Bonchev–Trinajstić information content (AvgIpc) is 3.26. The molecule has 0 bridgehead atoms. The summed E-state index contributed by atoms with van der Waals surface area (Å²) in [7, 11) is 0. The van der Waals surface area contributed by atoms with Gasteiger partial charge < -0.3 is 10.1 Å². The van der Waals surface area contributed by atoms with Crippen molar-refractivity contribution in [2.24, 2.45) is 0 Å². The SMILES string of the molecule is Cc1ccc(NC(=O)c2ccccccccc2)cc1-c1nc2ncc(NC(=O)OC(C)C)cn2n1. The van der Waals surface area contributed by atoms with Gasteiger partial charge in [0.25, 0.3) is 11.7 Å². The average molecular weight is 483 g/mol. The standard InChI is InChI=1S/C27H26N6O3/c1-18(2)36-27(35)30-22-16-28-26-31-24(32-33(26)17-22)23-15-21(14-13-19(23)3)29-25(34)20-11-9-7-5-4-6-8-10-12-20/h4-18H,1-3H3,(H,29,34)(H,30,35). The monoisotopic (exact) mass is 482 g/mol. The molecule has 36 heavy (non-hydrogen) atoms. The Kier molecular flexibility index (Phi) is 7.50. The van der Waals surface area contributed by atoms with Crippen molar-refractivity contribution in [3.05, 3.63) is 96.3 Å². The van der Waals surface area contributed by atoms with Crippen molar-refractivity contribution < 1.29 is 14.3 Å². The minimum absolute atomic E-state index is 0.239. The third kappa shape index (κ3) is 6.20. The van der Waals surface area contributed by atoms with Crippen LogP contribution in [-0.2, 0) is 4.74 Å². The highest BCUT2D eigenvalue weighted by Crippen LogP contribution is 2.25. The Morgan fingerprint density at radius 2 is 1.61 bits per heavy atom. The zero-order valence-electron chi connectivity index (χ0n) is 20.2. The summed E-state index contributed by atoms with van der Waals surface area (Å²) >= 11 is 0. The summed E-state index contributed by atoms with van der Waals surface area (Å²) in [6.45, 7) is 5.47. The Bertz CT molecular complexity index is 1440. The lowest BCUT2D eigenvalue weighted by Crippen LogP contribution is -2.18. The van der Waals surface area contributed by atoms with Crippen LogP contribution in [0.15, 0.2) is 85.2 Å². The van der Waals surface area contributed by atoms with Gasteiger partial charge in [-0.25, -0.2) is 14.3 Å². The molecule has 2 aromatic heterocycles. The molecular formula is C27H26N6O3. The highest BCUT2D eigenvalue weighted by molar-refractivity contribution is 6.04. The summed E-state index contributed by atoms with van der Waals surface area (Å²) in [5.74, 6) is 0.570. The van der Waals surface area contributed by atoms with E-state index < -0.39 is 6.09 Å². The zero-order valence-corrected chi connectivity index (χ0v) is 20.2. The van der Waals surface area contributed by atoms with Crippen molar-refractivity contribution >= 4 is 29.2 Å². The fraction of sp³-hybridized carbons (Fsp3) is 0.148. The number of carbonyl (C=O) groups excluding carboxylic acids is 2. The number of hydrogen-bond acceptors (Lipinski definition) is 6. The van der Waals surface area contributed by atoms with Crippen LogP contribution in [0, 0.1) is 6.92 Å². The quantitative estimate of drug-likeness (QED) is 0.392. The van der Waals surface area contributed by atoms with Crippen LogP contribution in [-0.4, -0.2) is 37.7 Å². The summed E-state index contributed by atoms with van der Waals surface area (Å²) in [5, 5.41) is 10.1. The molecule has 4 aromatic rings. The molecule has 4 rings (SSSR count). The molecular weight excluding hydrogens is 456 g/mol. The lowest BCUT2D eigenvalue weighted by Gasteiger charge is -2.08. The van der Waals surface area contributed by atoms with Gasteiger partial charge in [0.2, 0.25) is 0 Å². The molecule has 0 spiro atoms. The van der Waals surface area contributed by atoms with Crippen LogP contribution in [0.2, 0.25) is 0 Å². The highest BCUT2D eigenvalue weighted by atomic mass is 16.6. The van der Waals surface area contributed by atoms with E-state index in [4.69, 9.17) is 4.74 Å². The number of ether oxygens (including phenoxy) is 1. The van der Waals surface area contributed by atoms with Crippen LogP contribution >= 0.6 is 0 Å². The number of fused-ring (bicyclic) bond motifs is 1. The molecule has 2 aromatic carbocycles. The molecule has 182 valence electrons. The fourth-order valence-corrected chi connectivity index (χ4v) is 3.31. The maximum atomic E-state index is 12.9. The van der Waals surface area contributed by atoms with Crippen LogP contribution in [0.25, 0.3) is 17.2 Å². The van der Waals surface area contributed by atoms with Gasteiger partial charge in [0.05, 0.1) is 24.2 Å². The lowest BCUT2D eigenvalue weighted by atomic mass is 10.1. The zero-order chi connectivity index (χ0) is 25.5. The molecule has 9 heteroatoms. The largest absolute Gasteiger partial charge is 0.447 e. The second-order valence-corrected chi connectivity index (χ2v) is 8.22. The van der Waals surface area contributed by atoms with Crippen molar-refractivity contribution in [3.63, 3.8) is 0 Å². The molecule has 0 aliphatic heterocycles. The minimum atomic E-state index is -0.575. The first kappa shape index (κ1) is 24.3. The van der Waals surface area contributed by atoms with Crippen LogP contribution in [0.4, 0.5) is 16.2 Å². The molecule has 2 heterocycles. The van der Waals surface area contributed by atoms with Gasteiger partial charge in [-0.2, -0.15) is 4.98 Å². The van der Waals surface area contributed by atoms with Gasteiger partial charge in [-0.15, -0.1) is 5.10 Å². The Morgan fingerprint density at radius 3 is 2.31 bits per heavy atom. The smallest absolute Gasteiger partial charge is 0.411 e. The van der Waals surface area contributed by atoms with Gasteiger partial charge in [-0.05, 0) is 50.6 Å². The second-order valence-electron chi connectivity index (χ2n) is 8.22. The molecule has 0 saturated carbocycles. The molecule has 2 N–H and O–H groups in total. The predicted molar refractivity (Wildman–Crippen MR) is 138 cm³/mol. The van der Waals surface area contributed by atoms with Gasteiger partial charge in [-0.3, -0.25) is 10.1 Å². The van der Waals surface area contributed by atoms with Crippen LogP contribution in [0.3, 0.4) is 0 Å². The predicted octanol–water partition coefficient (Wildman–Crippen LogP) is 5.43. The maximum absolute atomic E-state index is 12.9. The number of nitrogens with one attached hydrogen (secondary N) is 2. The molecule has 0 aliphatic carbocycles. The van der Waals surface area contributed by atoms with E-state index in [0.29, 0.717) is 28.5 Å². The topological polar surface area (TPSA) is 111 Å². The summed E-state index contributed by atoms with van der Waals surface area (Å²) in [5.41, 5.74) is 3.22. The van der Waals surface area contributed by atoms with E-state index in [-0.39, 0.29) is 12.0 Å². The summed E-state index contributed by atoms with van der Waals surface area (Å²) in [4.78, 5) is 33.6. The van der Waals surface area contributed by atoms with Crippen molar-refractivity contribution in [2.45, 2.75) is 26.9 Å². The summed E-state index contributed by atoms with van der Waals surface area (Å²) in [6, 6.07) is 22.1. The van der Waals surface area contributed by atoms with Crippen LogP contribution in [0.5, 0.6) is 0 Å². The molecule has 0 unspecified atom stereocenters. The number of benzene rings is 1.